The smallest absolute Gasteiger partial charge is 0.307 e. The number of carbonyl (C=O) groups excluding carboxylic acids is 1. The van der Waals surface area contributed by atoms with E-state index in [2.05, 4.69) is 24.3 Å². The van der Waals surface area contributed by atoms with Crippen molar-refractivity contribution in [1.82, 2.24) is 15.1 Å². The molecule has 8 heteroatoms. The average Bonchev–Trinajstić information content (AvgIpc) is 3.01. The number of nitrogens with zero attached hydrogens (tertiary/aromatic N) is 3. The highest BCUT2D eigenvalue weighted by Crippen LogP contribution is 2.17. The van der Waals surface area contributed by atoms with Crippen molar-refractivity contribution >= 4 is 11.6 Å². The maximum Gasteiger partial charge on any atom is 0.307 e. The van der Waals surface area contributed by atoms with E-state index >= 15 is 0 Å². The number of nitrogens with two attached hydrogens (primary N) is 1. The van der Waals surface area contributed by atoms with Gasteiger partial charge < -0.3 is 11.1 Å². The van der Waals surface area contributed by atoms with E-state index in [0.717, 1.165) is 11.8 Å². The summed E-state index contributed by atoms with van der Waals surface area (Å²) in [7, 11) is 0. The number of amides is 1. The topological polar surface area (TPSA) is 116 Å². The molecule has 8 nitrogen and oxygen atoms in total. The molecule has 1 unspecified atom stereocenters. The molecular formula is C16H21N5O3. The lowest BCUT2D eigenvalue weighted by Crippen LogP contribution is -2.34. The molecule has 0 spiro atoms. The van der Waals surface area contributed by atoms with Gasteiger partial charge >= 0.3 is 5.69 Å². The first-order valence-corrected chi connectivity index (χ1v) is 7.65. The first-order valence-electron chi connectivity index (χ1n) is 7.65. The van der Waals surface area contributed by atoms with Gasteiger partial charge in [-0.25, -0.2) is 0 Å². The molecule has 2 rings (SSSR count). The van der Waals surface area contributed by atoms with Crippen molar-refractivity contribution in [2.75, 3.05) is 6.54 Å². The molecule has 0 aliphatic rings. The van der Waals surface area contributed by atoms with Crippen molar-refractivity contribution in [3.63, 3.8) is 0 Å². The van der Waals surface area contributed by atoms with E-state index in [9.17, 15) is 14.9 Å². The van der Waals surface area contributed by atoms with Crippen molar-refractivity contribution in [1.29, 1.82) is 0 Å². The van der Waals surface area contributed by atoms with Crippen molar-refractivity contribution < 1.29 is 9.72 Å². The fraction of sp³-hybridized carbons (Fsp3) is 0.375. The van der Waals surface area contributed by atoms with Gasteiger partial charge in [0.25, 0.3) is 0 Å². The predicted molar refractivity (Wildman–Crippen MR) is 89.4 cm³/mol. The number of nitrogens with one attached hydrogen (secondary N) is 1. The molecule has 1 heterocycles. The van der Waals surface area contributed by atoms with Gasteiger partial charge in [0.1, 0.15) is 18.9 Å². The van der Waals surface area contributed by atoms with Gasteiger partial charge in [-0.2, -0.15) is 5.10 Å². The van der Waals surface area contributed by atoms with Crippen molar-refractivity contribution in [2.45, 2.75) is 32.4 Å². The molecule has 1 atom stereocenters. The summed E-state index contributed by atoms with van der Waals surface area (Å²) in [6, 6.07) is 7.67. The van der Waals surface area contributed by atoms with E-state index in [1.165, 1.54) is 16.4 Å². The predicted octanol–water partition coefficient (Wildman–Crippen LogP) is 1.73. The van der Waals surface area contributed by atoms with E-state index in [1.807, 2.05) is 24.3 Å². The van der Waals surface area contributed by atoms with Crippen LogP contribution in [-0.2, 0) is 11.3 Å². The van der Waals surface area contributed by atoms with Gasteiger partial charge in [0.15, 0.2) is 0 Å². The van der Waals surface area contributed by atoms with Gasteiger partial charge in [-0.3, -0.25) is 19.6 Å². The molecule has 24 heavy (non-hydrogen) atoms. The third-order valence-electron chi connectivity index (χ3n) is 3.69. The Morgan fingerprint density at radius 2 is 1.96 bits per heavy atom. The van der Waals surface area contributed by atoms with Gasteiger partial charge in [-0.1, -0.05) is 38.1 Å². The summed E-state index contributed by atoms with van der Waals surface area (Å²) in [6.45, 7) is 4.43. The Labute approximate surface area is 139 Å². The van der Waals surface area contributed by atoms with Crippen LogP contribution in [0.15, 0.2) is 36.7 Å². The highest BCUT2D eigenvalue weighted by molar-refractivity contribution is 5.75. The number of hydrogen-bond acceptors (Lipinski definition) is 5. The second-order valence-electron chi connectivity index (χ2n) is 5.89. The second-order valence-corrected chi connectivity index (χ2v) is 5.89. The SMILES string of the molecule is CC(C)c1ccc(C(N)CNC(=O)Cn2cc([N+](=O)[O-])cn2)cc1. The van der Waals surface area contributed by atoms with Crippen LogP contribution in [0, 0.1) is 10.1 Å². The largest absolute Gasteiger partial charge is 0.353 e. The highest BCUT2D eigenvalue weighted by atomic mass is 16.6. The number of carbonyl (C=O) groups is 1. The molecule has 0 fully saturated rings. The van der Waals surface area contributed by atoms with Gasteiger partial charge in [-0.05, 0) is 17.0 Å². The van der Waals surface area contributed by atoms with Gasteiger partial charge in [0.2, 0.25) is 5.91 Å². The van der Waals surface area contributed by atoms with Crippen LogP contribution in [0.3, 0.4) is 0 Å². The molecule has 0 saturated heterocycles. The highest BCUT2D eigenvalue weighted by Gasteiger charge is 2.12. The van der Waals surface area contributed by atoms with Crippen LogP contribution in [0.25, 0.3) is 0 Å². The summed E-state index contributed by atoms with van der Waals surface area (Å²) >= 11 is 0. The molecule has 1 aromatic carbocycles. The Morgan fingerprint density at radius 3 is 2.50 bits per heavy atom. The van der Waals surface area contributed by atoms with E-state index in [-0.39, 0.29) is 30.7 Å². The summed E-state index contributed by atoms with van der Waals surface area (Å²) in [6.07, 6.45) is 2.32. The van der Waals surface area contributed by atoms with Gasteiger partial charge in [0.05, 0.1) is 4.92 Å². The molecule has 0 bridgehead atoms. The normalized spacial score (nSPS) is 12.2. The molecule has 128 valence electrons. The van der Waals surface area contributed by atoms with E-state index in [0.29, 0.717) is 5.92 Å². The quantitative estimate of drug-likeness (QED) is 0.592. The maximum absolute atomic E-state index is 11.9. The maximum atomic E-state index is 11.9. The Hall–Kier alpha value is -2.74. The third kappa shape index (κ3) is 4.63. The summed E-state index contributed by atoms with van der Waals surface area (Å²) in [5.41, 5.74) is 8.10. The van der Waals surface area contributed by atoms with Crippen molar-refractivity contribution in [3.05, 3.63) is 57.9 Å². The van der Waals surface area contributed by atoms with Crippen LogP contribution in [0.4, 0.5) is 5.69 Å². The van der Waals surface area contributed by atoms with Gasteiger partial charge in [-0.15, -0.1) is 0 Å². The van der Waals surface area contributed by atoms with Crippen LogP contribution >= 0.6 is 0 Å². The van der Waals surface area contributed by atoms with Crippen LogP contribution in [-0.4, -0.2) is 27.2 Å². The average molecular weight is 331 g/mol. The molecule has 1 amide bonds. The van der Waals surface area contributed by atoms with E-state index in [4.69, 9.17) is 5.73 Å². The zero-order chi connectivity index (χ0) is 17.7. The van der Waals surface area contributed by atoms with E-state index in [1.54, 1.807) is 0 Å². The number of hydrogen-bond donors (Lipinski definition) is 2. The summed E-state index contributed by atoms with van der Waals surface area (Å²) < 4.78 is 1.22. The summed E-state index contributed by atoms with van der Waals surface area (Å²) in [5, 5.41) is 17.1. The lowest BCUT2D eigenvalue weighted by Gasteiger charge is -2.14. The Kier molecular flexibility index (Phi) is 5.64. The molecule has 0 saturated carbocycles. The van der Waals surface area contributed by atoms with Crippen LogP contribution in [0.1, 0.15) is 36.9 Å². The third-order valence-corrected chi connectivity index (χ3v) is 3.69. The minimum Gasteiger partial charge on any atom is -0.353 e. The first kappa shape index (κ1) is 17.6. The van der Waals surface area contributed by atoms with Crippen LogP contribution in [0.5, 0.6) is 0 Å². The van der Waals surface area contributed by atoms with Crippen LogP contribution in [0.2, 0.25) is 0 Å². The zero-order valence-electron chi connectivity index (χ0n) is 13.7. The zero-order valence-corrected chi connectivity index (χ0v) is 13.7. The van der Waals surface area contributed by atoms with Crippen molar-refractivity contribution in [2.24, 2.45) is 5.73 Å². The Morgan fingerprint density at radius 1 is 1.33 bits per heavy atom. The fourth-order valence-electron chi connectivity index (χ4n) is 2.21. The minimum atomic E-state index is -0.557. The standard InChI is InChI=1S/C16H21N5O3/c1-11(2)12-3-5-13(6-4-12)15(17)8-18-16(22)10-20-9-14(7-19-20)21(23)24/h3-7,9,11,15H,8,10,17H2,1-2H3,(H,18,22). The van der Waals surface area contributed by atoms with Crippen LogP contribution < -0.4 is 11.1 Å². The minimum absolute atomic E-state index is 0.0904. The fourth-order valence-corrected chi connectivity index (χ4v) is 2.21. The Balaban J connectivity index is 1.85. The molecular weight excluding hydrogens is 310 g/mol. The lowest BCUT2D eigenvalue weighted by atomic mass is 9.99. The monoisotopic (exact) mass is 331 g/mol. The lowest BCUT2D eigenvalue weighted by molar-refractivity contribution is -0.385. The summed E-state index contributed by atoms with van der Waals surface area (Å²) in [5.74, 6) is 0.148. The van der Waals surface area contributed by atoms with Gasteiger partial charge in [0, 0.05) is 12.6 Å². The first-order chi connectivity index (χ1) is 11.4. The molecule has 0 radical (unpaired) electrons. The van der Waals surface area contributed by atoms with E-state index < -0.39 is 4.92 Å². The molecule has 0 aliphatic carbocycles. The molecule has 0 aliphatic heterocycles. The number of rotatable bonds is 7. The Bertz CT molecular complexity index is 709. The van der Waals surface area contributed by atoms with Crippen molar-refractivity contribution in [3.8, 4) is 0 Å². The molecule has 1 aromatic heterocycles. The number of benzene rings is 1. The summed E-state index contributed by atoms with van der Waals surface area (Å²) in [4.78, 5) is 21.9. The number of nitro groups is 1. The molecule has 2 aromatic rings. The number of aromatic nitrogens is 2. The second kappa shape index (κ2) is 7.69. The molecule has 3 N–H and O–H groups in total.